The van der Waals surface area contributed by atoms with Crippen LogP contribution in [-0.4, -0.2) is 40.9 Å². The van der Waals surface area contributed by atoms with Gasteiger partial charge in [-0.2, -0.15) is 0 Å². The second-order valence-electron chi connectivity index (χ2n) is 10.7. The lowest BCUT2D eigenvalue weighted by molar-refractivity contribution is -0.384. The number of ether oxygens (including phenoxy) is 1. The van der Waals surface area contributed by atoms with Gasteiger partial charge in [0.15, 0.2) is 6.61 Å². The van der Waals surface area contributed by atoms with Crippen molar-refractivity contribution in [2.75, 3.05) is 18.5 Å². The summed E-state index contributed by atoms with van der Waals surface area (Å²) in [6.45, 7) is 7.22. The Labute approximate surface area is 209 Å². The number of hydrogen-bond donors (Lipinski definition) is 1. The van der Waals surface area contributed by atoms with Crippen LogP contribution in [0.5, 0.6) is 0 Å². The molecule has 0 spiro atoms. The van der Waals surface area contributed by atoms with Crippen LogP contribution in [0.15, 0.2) is 42.5 Å². The van der Waals surface area contributed by atoms with Gasteiger partial charge in [0.05, 0.1) is 10.5 Å². The molecule has 2 aromatic rings. The molecule has 1 aliphatic heterocycles. The molecule has 2 atom stereocenters. The van der Waals surface area contributed by atoms with Gasteiger partial charge in [-0.1, -0.05) is 50.6 Å². The molecule has 2 aromatic carbocycles. The lowest BCUT2D eigenvalue weighted by atomic mass is 9.65. The third-order valence-electron chi connectivity index (χ3n) is 6.92. The summed E-state index contributed by atoms with van der Waals surface area (Å²) in [6, 6.07) is 11.3. The number of likely N-dealkylation sites (tertiary alicyclic amines) is 1. The molecule has 1 N–H and O–H groups in total. The third kappa shape index (κ3) is 5.59. The van der Waals surface area contributed by atoms with E-state index in [0.717, 1.165) is 30.9 Å². The van der Waals surface area contributed by atoms with Crippen LogP contribution < -0.4 is 5.32 Å². The molecule has 8 nitrogen and oxygen atoms in total. The predicted octanol–water partition coefficient (Wildman–Crippen LogP) is 5.44. The van der Waals surface area contributed by atoms with Crippen LogP contribution >= 0.6 is 11.6 Å². The maximum absolute atomic E-state index is 13.0. The number of rotatable bonds is 7. The lowest BCUT2D eigenvalue weighted by Gasteiger charge is -2.39. The number of carbonyl (C=O) groups is 2. The van der Waals surface area contributed by atoms with Gasteiger partial charge in [0.25, 0.3) is 11.6 Å². The average molecular weight is 500 g/mol. The highest BCUT2D eigenvalue weighted by molar-refractivity contribution is 6.31. The van der Waals surface area contributed by atoms with E-state index in [2.05, 4.69) is 26.1 Å². The molecule has 186 valence electrons. The highest BCUT2D eigenvalue weighted by Crippen LogP contribution is 2.52. The number of non-ortho nitro benzene ring substituents is 1. The molecular formula is C26H30ClN3O5. The number of fused-ring (bicyclic) bond motifs is 2. The van der Waals surface area contributed by atoms with Crippen molar-refractivity contribution in [3.63, 3.8) is 0 Å². The zero-order valence-corrected chi connectivity index (χ0v) is 20.9. The van der Waals surface area contributed by atoms with Crippen LogP contribution in [0.3, 0.4) is 0 Å². The summed E-state index contributed by atoms with van der Waals surface area (Å²) in [6.07, 6.45) is 2.93. The molecule has 0 aromatic heterocycles. The van der Waals surface area contributed by atoms with Crippen molar-refractivity contribution in [1.29, 1.82) is 0 Å². The van der Waals surface area contributed by atoms with Gasteiger partial charge in [-0.3, -0.25) is 14.9 Å². The smallest absolute Gasteiger partial charge is 0.341 e. The molecular weight excluding hydrogens is 470 g/mol. The number of esters is 1. The molecule has 1 saturated carbocycles. The number of nitro groups is 1. The summed E-state index contributed by atoms with van der Waals surface area (Å²) >= 11 is 6.21. The van der Waals surface area contributed by atoms with Gasteiger partial charge in [-0.15, -0.1) is 0 Å². The van der Waals surface area contributed by atoms with Crippen molar-refractivity contribution in [2.24, 2.45) is 10.8 Å². The predicted molar refractivity (Wildman–Crippen MR) is 133 cm³/mol. The molecule has 1 heterocycles. The number of hydrogen-bond acceptors (Lipinski definition) is 6. The SMILES string of the molecule is CC1(C)C[C@@H]2C[C@@](C)(CN2C(=O)COC(=O)c2cc([N+](=O)[O-])ccc2NCc2ccccc2Cl)C1. The number of carbonyl (C=O) groups excluding carboxylic acids is 2. The monoisotopic (exact) mass is 499 g/mol. The van der Waals surface area contributed by atoms with E-state index in [0.29, 0.717) is 23.8 Å². The normalized spacial score (nSPS) is 22.5. The van der Waals surface area contributed by atoms with Gasteiger partial charge in [0.2, 0.25) is 0 Å². The maximum Gasteiger partial charge on any atom is 0.341 e. The summed E-state index contributed by atoms with van der Waals surface area (Å²) in [5.74, 6) is -1.03. The van der Waals surface area contributed by atoms with E-state index in [1.165, 1.54) is 12.1 Å². The number of nitro benzene ring substituents is 1. The van der Waals surface area contributed by atoms with Gasteiger partial charge in [-0.25, -0.2) is 4.79 Å². The van der Waals surface area contributed by atoms with E-state index in [1.807, 2.05) is 23.1 Å². The maximum atomic E-state index is 13.0. The van der Waals surface area contributed by atoms with E-state index in [-0.39, 0.29) is 34.0 Å². The van der Waals surface area contributed by atoms with E-state index in [4.69, 9.17) is 16.3 Å². The Hall–Kier alpha value is -3.13. The Morgan fingerprint density at radius 2 is 1.94 bits per heavy atom. The van der Waals surface area contributed by atoms with Gasteiger partial charge in [0, 0.05) is 42.0 Å². The quantitative estimate of drug-likeness (QED) is 0.309. The highest BCUT2D eigenvalue weighted by Gasteiger charge is 2.51. The van der Waals surface area contributed by atoms with Crippen molar-refractivity contribution < 1.29 is 19.2 Å². The second kappa shape index (κ2) is 9.49. The van der Waals surface area contributed by atoms with Gasteiger partial charge >= 0.3 is 5.97 Å². The first-order valence-electron chi connectivity index (χ1n) is 11.7. The first kappa shape index (κ1) is 25.0. The molecule has 35 heavy (non-hydrogen) atoms. The number of anilines is 1. The Morgan fingerprint density at radius 1 is 1.20 bits per heavy atom. The van der Waals surface area contributed by atoms with Crippen LogP contribution in [0.2, 0.25) is 5.02 Å². The molecule has 2 bridgehead atoms. The Bertz CT molecular complexity index is 1170. The van der Waals surface area contributed by atoms with Crippen LogP contribution in [0.1, 0.15) is 56.0 Å². The van der Waals surface area contributed by atoms with Gasteiger partial charge in [-0.05, 0) is 47.8 Å². The minimum atomic E-state index is -0.794. The van der Waals surface area contributed by atoms with Gasteiger partial charge in [0.1, 0.15) is 0 Å². The summed E-state index contributed by atoms with van der Waals surface area (Å²) in [7, 11) is 0. The number of nitrogens with one attached hydrogen (secondary N) is 1. The van der Waals surface area contributed by atoms with Crippen molar-refractivity contribution in [1.82, 2.24) is 4.90 Å². The van der Waals surface area contributed by atoms with Crippen molar-refractivity contribution in [3.05, 3.63) is 68.7 Å². The van der Waals surface area contributed by atoms with E-state index < -0.39 is 17.5 Å². The first-order chi connectivity index (χ1) is 16.5. The van der Waals surface area contributed by atoms with E-state index in [1.54, 1.807) is 6.07 Å². The number of benzene rings is 2. The fourth-order valence-corrected chi connectivity index (χ4v) is 6.04. The molecule has 1 saturated heterocycles. The Kier molecular flexibility index (Phi) is 6.77. The average Bonchev–Trinajstić information content (AvgIpc) is 3.05. The standard InChI is InChI=1S/C26H30ClN3O5/c1-25(2)11-19-12-26(3,15-25)16-29(19)23(31)14-35-24(32)20-10-18(30(33)34)8-9-22(20)28-13-17-6-4-5-7-21(17)27/h4-10,19,28H,11-16H2,1-3H3/t19-,26-/m1/s1. The number of amides is 1. The minimum Gasteiger partial charge on any atom is -0.452 e. The van der Waals surface area contributed by atoms with Crippen LogP contribution in [0.25, 0.3) is 0 Å². The highest BCUT2D eigenvalue weighted by atomic mass is 35.5. The molecule has 4 rings (SSSR count). The lowest BCUT2D eigenvalue weighted by Crippen LogP contribution is -2.39. The van der Waals surface area contributed by atoms with Crippen LogP contribution in [0.4, 0.5) is 11.4 Å². The second-order valence-corrected chi connectivity index (χ2v) is 11.2. The van der Waals surface area contributed by atoms with Crippen molar-refractivity contribution >= 4 is 34.9 Å². The minimum absolute atomic E-state index is 0.00712. The summed E-state index contributed by atoms with van der Waals surface area (Å²) < 4.78 is 5.37. The van der Waals surface area contributed by atoms with Crippen molar-refractivity contribution in [3.8, 4) is 0 Å². The first-order valence-corrected chi connectivity index (χ1v) is 12.1. The van der Waals surface area contributed by atoms with Crippen LogP contribution in [0, 0.1) is 20.9 Å². The fraction of sp³-hybridized carbons (Fsp3) is 0.462. The summed E-state index contributed by atoms with van der Waals surface area (Å²) in [5.41, 5.74) is 1.15. The summed E-state index contributed by atoms with van der Waals surface area (Å²) in [5, 5.41) is 15.0. The van der Waals surface area contributed by atoms with Gasteiger partial charge < -0.3 is 15.0 Å². The fourth-order valence-electron chi connectivity index (χ4n) is 5.84. The van der Waals surface area contributed by atoms with E-state index >= 15 is 0 Å². The number of nitrogens with zero attached hydrogens (tertiary/aromatic N) is 2. The largest absolute Gasteiger partial charge is 0.452 e. The Morgan fingerprint density at radius 3 is 2.66 bits per heavy atom. The molecule has 0 radical (unpaired) electrons. The Balaban J connectivity index is 1.46. The zero-order valence-electron chi connectivity index (χ0n) is 20.2. The van der Waals surface area contributed by atoms with Crippen molar-refractivity contribution in [2.45, 2.75) is 52.6 Å². The molecule has 1 aliphatic carbocycles. The summed E-state index contributed by atoms with van der Waals surface area (Å²) in [4.78, 5) is 38.5. The molecule has 9 heteroatoms. The molecule has 1 amide bonds. The van der Waals surface area contributed by atoms with Crippen LogP contribution in [-0.2, 0) is 16.1 Å². The number of halogens is 1. The van der Waals surface area contributed by atoms with E-state index in [9.17, 15) is 19.7 Å². The zero-order chi connectivity index (χ0) is 25.4. The third-order valence-corrected chi connectivity index (χ3v) is 7.29. The molecule has 2 fully saturated rings. The molecule has 2 aliphatic rings. The topological polar surface area (TPSA) is 102 Å². The molecule has 0 unspecified atom stereocenters.